The maximum Gasteiger partial charge on any atom is 0.185 e. The molecular weight excluding hydrogens is 561 g/mol. The van der Waals surface area contributed by atoms with Crippen LogP contribution in [0.25, 0.3) is 11.3 Å². The van der Waals surface area contributed by atoms with Gasteiger partial charge in [0.25, 0.3) is 0 Å². The Bertz CT molecular complexity index is 1500. The number of halogens is 3. The van der Waals surface area contributed by atoms with Crippen LogP contribution in [0, 0.1) is 40.1 Å². The van der Waals surface area contributed by atoms with E-state index in [0.29, 0.717) is 44.5 Å². The molecular formula is C32H33F3N4O4. The molecule has 5 rings (SSSR count). The Morgan fingerprint density at radius 3 is 2.56 bits per heavy atom. The Kier molecular flexibility index (Phi) is 9.11. The minimum Gasteiger partial charge on any atom is -0.492 e. The van der Waals surface area contributed by atoms with Gasteiger partial charge in [0.05, 0.1) is 23.2 Å². The van der Waals surface area contributed by atoms with E-state index in [0.717, 1.165) is 23.8 Å². The van der Waals surface area contributed by atoms with Crippen molar-refractivity contribution >= 4 is 5.78 Å². The van der Waals surface area contributed by atoms with Crippen molar-refractivity contribution in [2.75, 3.05) is 19.8 Å². The molecule has 1 aromatic carbocycles. The third-order valence-corrected chi connectivity index (χ3v) is 8.55. The van der Waals surface area contributed by atoms with Gasteiger partial charge in [0.15, 0.2) is 5.78 Å². The largest absolute Gasteiger partial charge is 0.492 e. The molecule has 0 amide bonds. The van der Waals surface area contributed by atoms with Gasteiger partial charge in [-0.2, -0.15) is 5.26 Å². The fourth-order valence-electron chi connectivity index (χ4n) is 5.98. The standard InChI is InChI=1S/C32H33F3N4O4/c1-18-10-19(11-26(37)31(18)41)22-4-7-38-15-20(22)12-28(40)27-3-2-23(33)30(39-27)29-24(34)13-21(14-25(29)35)43-17-32(16-36)5-8-42-9-6-32/h2-4,7,13-15,18-19,26,31,41H,5-6,8-12,17,37H2,1H3/t18-,19+,26+,31+/m0/s1. The number of rotatable bonds is 8. The van der Waals surface area contributed by atoms with Gasteiger partial charge >= 0.3 is 0 Å². The van der Waals surface area contributed by atoms with Gasteiger partial charge in [-0.1, -0.05) is 6.92 Å². The number of nitriles is 1. The zero-order chi connectivity index (χ0) is 30.7. The normalized spacial score (nSPS) is 23.4. The van der Waals surface area contributed by atoms with Gasteiger partial charge in [-0.25, -0.2) is 18.2 Å². The van der Waals surface area contributed by atoms with Crippen molar-refractivity contribution in [3.05, 3.63) is 77.0 Å². The van der Waals surface area contributed by atoms with Crippen molar-refractivity contribution < 1.29 is 32.5 Å². The summed E-state index contributed by atoms with van der Waals surface area (Å²) in [7, 11) is 0. The summed E-state index contributed by atoms with van der Waals surface area (Å²) in [6, 6.07) is 7.59. The van der Waals surface area contributed by atoms with Gasteiger partial charge in [0.2, 0.25) is 0 Å². The van der Waals surface area contributed by atoms with Crippen molar-refractivity contribution in [3.63, 3.8) is 0 Å². The van der Waals surface area contributed by atoms with Crippen LogP contribution < -0.4 is 10.5 Å². The van der Waals surface area contributed by atoms with Crippen LogP contribution in [-0.2, 0) is 11.2 Å². The second-order valence-electron chi connectivity index (χ2n) is 11.6. The summed E-state index contributed by atoms with van der Waals surface area (Å²) in [5, 5.41) is 19.9. The molecule has 3 heterocycles. The van der Waals surface area contributed by atoms with Crippen molar-refractivity contribution in [3.8, 4) is 23.1 Å². The quantitative estimate of drug-likeness (QED) is 0.353. The predicted molar refractivity (Wildman–Crippen MR) is 151 cm³/mol. The molecule has 43 heavy (non-hydrogen) atoms. The number of carbonyl (C=O) groups is 1. The molecule has 4 atom stereocenters. The number of aliphatic hydroxyl groups is 1. The van der Waals surface area contributed by atoms with E-state index in [1.54, 1.807) is 12.4 Å². The second-order valence-corrected chi connectivity index (χ2v) is 11.6. The summed E-state index contributed by atoms with van der Waals surface area (Å²) in [6.45, 7) is 2.63. The molecule has 1 aliphatic heterocycles. The Morgan fingerprint density at radius 2 is 1.88 bits per heavy atom. The lowest BCUT2D eigenvalue weighted by Crippen LogP contribution is -2.44. The first kappa shape index (κ1) is 30.6. The highest BCUT2D eigenvalue weighted by atomic mass is 19.1. The molecule has 1 saturated heterocycles. The van der Waals surface area contributed by atoms with Crippen molar-refractivity contribution in [2.24, 2.45) is 17.1 Å². The first-order valence-corrected chi connectivity index (χ1v) is 14.3. The molecule has 3 N–H and O–H groups in total. The summed E-state index contributed by atoms with van der Waals surface area (Å²) in [4.78, 5) is 21.5. The van der Waals surface area contributed by atoms with Crippen LogP contribution >= 0.6 is 0 Å². The van der Waals surface area contributed by atoms with Crippen LogP contribution in [0.1, 0.15) is 60.1 Å². The highest BCUT2D eigenvalue weighted by molar-refractivity contribution is 5.96. The first-order chi connectivity index (χ1) is 20.6. The van der Waals surface area contributed by atoms with Gasteiger partial charge in [-0.15, -0.1) is 0 Å². The number of Topliss-reactive ketones (excluding diaryl/α,β-unsaturated/α-hetero) is 1. The van der Waals surface area contributed by atoms with E-state index in [4.69, 9.17) is 15.2 Å². The summed E-state index contributed by atoms with van der Waals surface area (Å²) in [6.07, 6.45) is 4.57. The zero-order valence-electron chi connectivity index (χ0n) is 23.7. The van der Waals surface area contributed by atoms with E-state index >= 15 is 8.78 Å². The summed E-state index contributed by atoms with van der Waals surface area (Å²) < 4.78 is 56.2. The lowest BCUT2D eigenvalue weighted by atomic mass is 9.74. The highest BCUT2D eigenvalue weighted by Crippen LogP contribution is 2.38. The van der Waals surface area contributed by atoms with Crippen LogP contribution in [0.5, 0.6) is 5.75 Å². The molecule has 1 aliphatic carbocycles. The Labute approximate surface area is 247 Å². The van der Waals surface area contributed by atoms with E-state index in [-0.39, 0.29) is 36.3 Å². The third kappa shape index (κ3) is 6.56. The number of aliphatic hydroxyl groups excluding tert-OH is 1. The van der Waals surface area contributed by atoms with Crippen LogP contribution in [-0.4, -0.2) is 52.8 Å². The number of carbonyl (C=O) groups excluding carboxylic acids is 1. The Morgan fingerprint density at radius 1 is 1.16 bits per heavy atom. The van der Waals surface area contributed by atoms with Gasteiger partial charge in [-0.3, -0.25) is 9.78 Å². The Hall–Kier alpha value is -3.85. The first-order valence-electron chi connectivity index (χ1n) is 14.3. The van der Waals surface area contributed by atoms with Gasteiger partial charge in [-0.05, 0) is 66.8 Å². The number of ether oxygens (including phenoxy) is 2. The summed E-state index contributed by atoms with van der Waals surface area (Å²) in [5.74, 6) is -3.90. The molecule has 2 aromatic heterocycles. The molecule has 0 spiro atoms. The molecule has 3 aromatic rings. The molecule has 1 saturated carbocycles. The number of ketones is 1. The lowest BCUT2D eigenvalue weighted by molar-refractivity contribution is 0.0190. The number of hydrogen-bond acceptors (Lipinski definition) is 8. The number of benzene rings is 1. The monoisotopic (exact) mass is 594 g/mol. The summed E-state index contributed by atoms with van der Waals surface area (Å²) in [5.41, 5.74) is 5.31. The maximum atomic E-state index is 15.2. The molecule has 226 valence electrons. The summed E-state index contributed by atoms with van der Waals surface area (Å²) >= 11 is 0. The van der Waals surface area contributed by atoms with Crippen LogP contribution in [0.3, 0.4) is 0 Å². The SMILES string of the molecule is C[C@H]1C[C@@H](c2ccncc2CC(=O)c2ccc(F)c(-c3c(F)cc(OCC4(C#N)CCOCC4)cc3F)n2)C[C@@H](N)[C@@H]1O. The fourth-order valence-corrected chi connectivity index (χ4v) is 5.98. The fraction of sp³-hybridized carbons (Fsp3) is 0.438. The van der Waals surface area contributed by atoms with Gasteiger partial charge in [0.1, 0.15) is 41.2 Å². The molecule has 0 radical (unpaired) electrons. The number of nitrogens with two attached hydrogens (primary N) is 1. The minimum atomic E-state index is -1.12. The van der Waals surface area contributed by atoms with E-state index < -0.39 is 52.1 Å². The number of nitrogens with zero attached hydrogens (tertiary/aromatic N) is 3. The average molecular weight is 595 g/mol. The van der Waals surface area contributed by atoms with E-state index in [1.165, 1.54) is 6.07 Å². The molecule has 8 nitrogen and oxygen atoms in total. The zero-order valence-corrected chi connectivity index (χ0v) is 23.7. The van der Waals surface area contributed by atoms with Crippen LogP contribution in [0.4, 0.5) is 13.2 Å². The van der Waals surface area contributed by atoms with Crippen molar-refractivity contribution in [1.29, 1.82) is 5.26 Å². The van der Waals surface area contributed by atoms with E-state index in [9.17, 15) is 19.6 Å². The minimum absolute atomic E-state index is 0.00866. The van der Waals surface area contributed by atoms with Crippen molar-refractivity contribution in [2.45, 2.75) is 57.1 Å². The van der Waals surface area contributed by atoms with Gasteiger partial charge in [0, 0.05) is 50.2 Å². The van der Waals surface area contributed by atoms with Crippen molar-refractivity contribution in [1.82, 2.24) is 9.97 Å². The molecule has 2 aliphatic rings. The molecule has 2 fully saturated rings. The van der Waals surface area contributed by atoms with Gasteiger partial charge < -0.3 is 20.3 Å². The molecule has 11 heteroatoms. The van der Waals surface area contributed by atoms with E-state index in [2.05, 4.69) is 16.0 Å². The predicted octanol–water partition coefficient (Wildman–Crippen LogP) is 4.89. The smallest absolute Gasteiger partial charge is 0.185 e. The molecule has 0 bridgehead atoms. The highest BCUT2D eigenvalue weighted by Gasteiger charge is 2.35. The molecule has 0 unspecified atom stereocenters. The number of aromatic nitrogens is 2. The van der Waals surface area contributed by atoms with Crippen LogP contribution in [0.15, 0.2) is 42.7 Å². The maximum absolute atomic E-state index is 15.2. The Balaban J connectivity index is 1.36. The number of hydrogen-bond donors (Lipinski definition) is 2. The second kappa shape index (κ2) is 12.8. The third-order valence-electron chi connectivity index (χ3n) is 8.55. The van der Waals surface area contributed by atoms with E-state index in [1.807, 2.05) is 13.0 Å². The average Bonchev–Trinajstić information content (AvgIpc) is 3.00. The topological polar surface area (TPSA) is 131 Å². The van der Waals surface area contributed by atoms with Crippen LogP contribution in [0.2, 0.25) is 0 Å². The number of pyridine rings is 2. The lowest BCUT2D eigenvalue weighted by Gasteiger charge is -2.36.